The largest absolute Gasteiger partial charge is 0.479 e. The summed E-state index contributed by atoms with van der Waals surface area (Å²) in [6.45, 7) is 1.70. The van der Waals surface area contributed by atoms with Crippen LogP contribution in [0, 0.1) is 0 Å². The molecule has 2 aromatic carbocycles. The maximum Gasteiger partial charge on any atom is 0.277 e. The number of hydrogen-bond acceptors (Lipinski definition) is 5. The number of hydrogen-bond donors (Lipinski definition) is 1. The second-order valence-corrected chi connectivity index (χ2v) is 6.24. The fourth-order valence-corrected chi connectivity index (χ4v) is 2.91. The monoisotopic (exact) mass is 363 g/mol. The Labute approximate surface area is 155 Å². The molecule has 0 fully saturated rings. The Morgan fingerprint density at radius 3 is 2.70 bits per heavy atom. The van der Waals surface area contributed by atoms with Crippen molar-refractivity contribution < 1.29 is 18.8 Å². The molecule has 2 amide bonds. The molecule has 7 nitrogen and oxygen atoms in total. The van der Waals surface area contributed by atoms with Crippen molar-refractivity contribution in [2.75, 3.05) is 17.3 Å². The summed E-state index contributed by atoms with van der Waals surface area (Å²) < 4.78 is 10.8. The maximum atomic E-state index is 12.5. The van der Waals surface area contributed by atoms with Crippen LogP contribution in [0.5, 0.6) is 5.75 Å². The molecule has 7 heteroatoms. The molecule has 4 rings (SSSR count). The number of fused-ring (bicyclic) bond motifs is 1. The van der Waals surface area contributed by atoms with Crippen molar-refractivity contribution in [2.45, 2.75) is 13.0 Å². The van der Waals surface area contributed by atoms with Crippen LogP contribution in [-0.4, -0.2) is 30.1 Å². The molecule has 0 saturated heterocycles. The first kappa shape index (κ1) is 16.8. The highest BCUT2D eigenvalue weighted by Crippen LogP contribution is 2.35. The summed E-state index contributed by atoms with van der Waals surface area (Å²) in [7, 11) is 1.68. The second-order valence-electron chi connectivity index (χ2n) is 6.24. The normalized spacial score (nSPS) is 15.9. The predicted molar refractivity (Wildman–Crippen MR) is 99.8 cm³/mol. The lowest BCUT2D eigenvalue weighted by molar-refractivity contribution is -0.125. The molecule has 1 aromatic heterocycles. The molecule has 0 aliphatic carbocycles. The molecule has 1 aliphatic rings. The van der Waals surface area contributed by atoms with E-state index in [-0.39, 0.29) is 11.6 Å². The summed E-state index contributed by atoms with van der Waals surface area (Å²) >= 11 is 0. The number of nitrogens with zero attached hydrogens (tertiary/aromatic N) is 2. The molecule has 136 valence electrons. The van der Waals surface area contributed by atoms with E-state index in [9.17, 15) is 9.59 Å². The lowest BCUT2D eigenvalue weighted by Crippen LogP contribution is -2.41. The van der Waals surface area contributed by atoms with E-state index < -0.39 is 12.0 Å². The number of ether oxygens (including phenoxy) is 1. The number of rotatable bonds is 3. The van der Waals surface area contributed by atoms with Crippen molar-refractivity contribution in [3.63, 3.8) is 0 Å². The molecular weight excluding hydrogens is 346 g/mol. The summed E-state index contributed by atoms with van der Waals surface area (Å²) in [4.78, 5) is 26.1. The van der Waals surface area contributed by atoms with Crippen molar-refractivity contribution in [1.82, 2.24) is 5.16 Å². The molecular formula is C20H17N3O4. The number of amides is 2. The second kappa shape index (κ2) is 6.60. The number of carbonyl (C=O) groups excluding carboxylic acids is 2. The minimum absolute atomic E-state index is 0.144. The van der Waals surface area contributed by atoms with Crippen LogP contribution in [0.3, 0.4) is 0 Å². The van der Waals surface area contributed by atoms with Crippen LogP contribution in [0.25, 0.3) is 11.3 Å². The zero-order valence-corrected chi connectivity index (χ0v) is 14.8. The van der Waals surface area contributed by atoms with E-state index in [2.05, 4.69) is 10.5 Å². The van der Waals surface area contributed by atoms with E-state index in [0.717, 1.165) is 5.56 Å². The molecule has 0 bridgehead atoms. The topological polar surface area (TPSA) is 84.7 Å². The van der Waals surface area contributed by atoms with Gasteiger partial charge >= 0.3 is 0 Å². The predicted octanol–water partition coefficient (Wildman–Crippen LogP) is 3.34. The minimum atomic E-state index is -0.533. The van der Waals surface area contributed by atoms with Crippen LogP contribution in [0.1, 0.15) is 17.4 Å². The van der Waals surface area contributed by atoms with E-state index in [1.54, 1.807) is 38.2 Å². The molecule has 2 heterocycles. The third kappa shape index (κ3) is 3.15. The zero-order chi connectivity index (χ0) is 19.0. The Morgan fingerprint density at radius 2 is 1.93 bits per heavy atom. The third-order valence-electron chi connectivity index (χ3n) is 4.36. The Kier molecular flexibility index (Phi) is 4.12. The minimum Gasteiger partial charge on any atom is -0.479 e. The van der Waals surface area contributed by atoms with Gasteiger partial charge in [-0.3, -0.25) is 9.59 Å². The molecule has 1 atom stereocenters. The van der Waals surface area contributed by atoms with Crippen LogP contribution in [-0.2, 0) is 4.79 Å². The van der Waals surface area contributed by atoms with Crippen molar-refractivity contribution in [1.29, 1.82) is 0 Å². The summed E-state index contributed by atoms with van der Waals surface area (Å²) in [5, 5.41) is 6.60. The number of benzene rings is 2. The Hall–Kier alpha value is -3.61. The summed E-state index contributed by atoms with van der Waals surface area (Å²) in [5.41, 5.74) is 2.13. The van der Waals surface area contributed by atoms with Gasteiger partial charge in [-0.1, -0.05) is 35.5 Å². The molecule has 0 unspecified atom stereocenters. The Bertz CT molecular complexity index is 1010. The fraction of sp³-hybridized carbons (Fsp3) is 0.150. The SMILES string of the molecule is C[C@H]1Oc2ccc(NC(=O)c3cc(-c4ccccc4)on3)cc2N(C)C1=O. The smallest absolute Gasteiger partial charge is 0.277 e. The summed E-state index contributed by atoms with van der Waals surface area (Å²) in [6, 6.07) is 16.1. The molecule has 0 spiro atoms. The number of aromatic nitrogens is 1. The number of nitrogens with one attached hydrogen (secondary N) is 1. The van der Waals surface area contributed by atoms with Crippen molar-refractivity contribution in [2.24, 2.45) is 0 Å². The zero-order valence-electron chi connectivity index (χ0n) is 14.8. The molecule has 27 heavy (non-hydrogen) atoms. The fourth-order valence-electron chi connectivity index (χ4n) is 2.91. The Morgan fingerprint density at radius 1 is 1.15 bits per heavy atom. The van der Waals surface area contributed by atoms with Crippen molar-refractivity contribution >= 4 is 23.2 Å². The van der Waals surface area contributed by atoms with Gasteiger partial charge < -0.3 is 19.5 Å². The molecule has 1 aliphatic heterocycles. The van der Waals surface area contributed by atoms with Gasteiger partial charge in [-0.2, -0.15) is 0 Å². The highest BCUT2D eigenvalue weighted by molar-refractivity contribution is 6.05. The number of carbonyl (C=O) groups is 2. The van der Waals surface area contributed by atoms with Crippen molar-refractivity contribution in [3.05, 3.63) is 60.3 Å². The molecule has 0 radical (unpaired) electrons. The number of likely N-dealkylation sites (N-methyl/N-ethyl adjacent to an activating group) is 1. The van der Waals surface area contributed by atoms with Gasteiger partial charge in [-0.05, 0) is 25.1 Å². The highest BCUT2D eigenvalue weighted by Gasteiger charge is 2.29. The van der Waals surface area contributed by atoms with E-state index in [0.29, 0.717) is 22.9 Å². The van der Waals surface area contributed by atoms with Gasteiger partial charge in [0.2, 0.25) is 0 Å². The van der Waals surface area contributed by atoms with Crippen LogP contribution in [0.15, 0.2) is 59.1 Å². The van der Waals surface area contributed by atoms with Gasteiger partial charge in [0.1, 0.15) is 5.75 Å². The molecule has 1 N–H and O–H groups in total. The van der Waals surface area contributed by atoms with Crippen molar-refractivity contribution in [3.8, 4) is 17.1 Å². The first-order chi connectivity index (χ1) is 13.0. The van der Waals surface area contributed by atoms with Gasteiger partial charge in [0.05, 0.1) is 5.69 Å². The van der Waals surface area contributed by atoms with Gasteiger partial charge in [0.15, 0.2) is 17.6 Å². The number of anilines is 2. The van der Waals surface area contributed by atoms with E-state index in [1.165, 1.54) is 4.90 Å². The van der Waals surface area contributed by atoms with E-state index >= 15 is 0 Å². The summed E-state index contributed by atoms with van der Waals surface area (Å²) in [5.74, 6) is 0.559. The lowest BCUT2D eigenvalue weighted by atomic mass is 10.1. The molecule has 3 aromatic rings. The highest BCUT2D eigenvalue weighted by atomic mass is 16.5. The van der Waals surface area contributed by atoms with E-state index in [4.69, 9.17) is 9.26 Å². The first-order valence-corrected chi connectivity index (χ1v) is 8.44. The van der Waals surface area contributed by atoms with Gasteiger partial charge in [0.25, 0.3) is 11.8 Å². The van der Waals surface area contributed by atoms with Gasteiger partial charge in [0, 0.05) is 24.4 Å². The third-order valence-corrected chi connectivity index (χ3v) is 4.36. The van der Waals surface area contributed by atoms with Gasteiger partial charge in [-0.25, -0.2) is 0 Å². The standard InChI is InChI=1S/C20H17N3O4/c1-12-20(25)23(2)16-10-14(8-9-17(16)26-12)21-19(24)15-11-18(27-22-15)13-6-4-3-5-7-13/h3-12H,1-2H3,(H,21,24)/t12-/m1/s1. The van der Waals surface area contributed by atoms with E-state index in [1.807, 2.05) is 30.3 Å². The van der Waals surface area contributed by atoms with Crippen LogP contribution in [0.4, 0.5) is 11.4 Å². The maximum absolute atomic E-state index is 12.5. The van der Waals surface area contributed by atoms with Gasteiger partial charge in [-0.15, -0.1) is 0 Å². The van der Waals surface area contributed by atoms with Crippen LogP contribution in [0.2, 0.25) is 0 Å². The molecule has 0 saturated carbocycles. The average molecular weight is 363 g/mol. The van der Waals surface area contributed by atoms with Crippen LogP contribution < -0.4 is 15.0 Å². The summed E-state index contributed by atoms with van der Waals surface area (Å²) in [6.07, 6.45) is -0.533. The Balaban J connectivity index is 1.54. The first-order valence-electron chi connectivity index (χ1n) is 8.44. The quantitative estimate of drug-likeness (QED) is 0.771. The average Bonchev–Trinajstić information content (AvgIpc) is 3.18. The van der Waals surface area contributed by atoms with Crippen LogP contribution >= 0.6 is 0 Å². The lowest BCUT2D eigenvalue weighted by Gasteiger charge is -2.30.